The number of urea groups is 1. The summed E-state index contributed by atoms with van der Waals surface area (Å²) in [4.78, 5) is 17.1. The Morgan fingerprint density at radius 2 is 2.10 bits per heavy atom. The number of hydrogen-bond acceptors (Lipinski definition) is 3. The Morgan fingerprint density at radius 3 is 2.62 bits per heavy atom. The van der Waals surface area contributed by atoms with Crippen LogP contribution in [0.4, 0.5) is 4.79 Å². The summed E-state index contributed by atoms with van der Waals surface area (Å²) in [6, 6.07) is 2.99. The highest BCUT2D eigenvalue weighted by Gasteiger charge is 2.25. The number of hydrogen-bond donors (Lipinski definition) is 2. The zero-order valence-corrected chi connectivity index (χ0v) is 14.5. The Balaban J connectivity index is 1.83. The molecule has 5 heteroatoms. The lowest BCUT2D eigenvalue weighted by molar-refractivity contribution is 0.231. The summed E-state index contributed by atoms with van der Waals surface area (Å²) in [7, 11) is 0. The standard InChI is InChI=1S/C16H27N3OS/c1-10(2)19-7-6-14(9-19)18-16(20)17-12(4)15-8-11(3)21-13(15)5/h8,10,12,14H,6-7,9H2,1-5H3,(H2,17,18,20)/t12-,14-/m1/s1. The van der Waals surface area contributed by atoms with Gasteiger partial charge in [0.2, 0.25) is 0 Å². The van der Waals surface area contributed by atoms with Crippen molar-refractivity contribution >= 4 is 17.4 Å². The van der Waals surface area contributed by atoms with Crippen molar-refractivity contribution in [1.82, 2.24) is 15.5 Å². The first-order valence-corrected chi connectivity index (χ1v) is 8.56. The van der Waals surface area contributed by atoms with Crippen LogP contribution in [-0.4, -0.2) is 36.1 Å². The van der Waals surface area contributed by atoms with Crippen molar-refractivity contribution in [2.24, 2.45) is 0 Å². The molecule has 1 aliphatic heterocycles. The molecule has 1 aliphatic rings. The van der Waals surface area contributed by atoms with E-state index in [2.05, 4.69) is 49.3 Å². The van der Waals surface area contributed by atoms with Crippen LogP contribution >= 0.6 is 11.3 Å². The van der Waals surface area contributed by atoms with E-state index in [1.165, 1.54) is 15.3 Å². The quantitative estimate of drug-likeness (QED) is 0.897. The highest BCUT2D eigenvalue weighted by molar-refractivity contribution is 7.12. The molecule has 1 aromatic heterocycles. The highest BCUT2D eigenvalue weighted by atomic mass is 32.1. The predicted molar refractivity (Wildman–Crippen MR) is 89.0 cm³/mol. The van der Waals surface area contributed by atoms with Gasteiger partial charge in [0, 0.05) is 34.9 Å². The first-order valence-electron chi connectivity index (χ1n) is 7.74. The molecule has 0 radical (unpaired) electrons. The van der Waals surface area contributed by atoms with Gasteiger partial charge in [-0.05, 0) is 52.7 Å². The number of nitrogens with one attached hydrogen (secondary N) is 2. The van der Waals surface area contributed by atoms with Crippen molar-refractivity contribution < 1.29 is 4.79 Å². The van der Waals surface area contributed by atoms with E-state index in [0.29, 0.717) is 6.04 Å². The van der Waals surface area contributed by atoms with E-state index in [1.54, 1.807) is 11.3 Å². The van der Waals surface area contributed by atoms with Gasteiger partial charge in [-0.2, -0.15) is 0 Å². The zero-order valence-electron chi connectivity index (χ0n) is 13.7. The van der Waals surface area contributed by atoms with E-state index in [-0.39, 0.29) is 18.1 Å². The van der Waals surface area contributed by atoms with Gasteiger partial charge in [0.1, 0.15) is 0 Å². The van der Waals surface area contributed by atoms with Gasteiger partial charge in [0.25, 0.3) is 0 Å². The third-order valence-corrected chi connectivity index (χ3v) is 5.16. The van der Waals surface area contributed by atoms with Crippen LogP contribution in [0.5, 0.6) is 0 Å². The minimum Gasteiger partial charge on any atom is -0.334 e. The van der Waals surface area contributed by atoms with Crippen molar-refractivity contribution in [2.75, 3.05) is 13.1 Å². The topological polar surface area (TPSA) is 44.4 Å². The molecular weight excluding hydrogens is 282 g/mol. The van der Waals surface area contributed by atoms with Gasteiger partial charge in [-0.25, -0.2) is 4.79 Å². The molecule has 0 spiro atoms. The zero-order chi connectivity index (χ0) is 15.6. The van der Waals surface area contributed by atoms with Crippen LogP contribution in [0.3, 0.4) is 0 Å². The van der Waals surface area contributed by atoms with Gasteiger partial charge in [-0.1, -0.05) is 0 Å². The van der Waals surface area contributed by atoms with Gasteiger partial charge in [0.15, 0.2) is 0 Å². The number of aryl methyl sites for hydroxylation is 2. The minimum atomic E-state index is -0.0543. The molecular formula is C16H27N3OS. The molecule has 0 unspecified atom stereocenters. The maximum absolute atomic E-state index is 12.1. The van der Waals surface area contributed by atoms with Crippen molar-refractivity contribution in [2.45, 2.75) is 59.2 Å². The van der Waals surface area contributed by atoms with E-state index in [0.717, 1.165) is 19.5 Å². The molecule has 21 heavy (non-hydrogen) atoms. The molecule has 2 amide bonds. The second kappa shape index (κ2) is 6.79. The summed E-state index contributed by atoms with van der Waals surface area (Å²) >= 11 is 1.78. The number of thiophene rings is 1. The maximum atomic E-state index is 12.1. The van der Waals surface area contributed by atoms with E-state index >= 15 is 0 Å². The van der Waals surface area contributed by atoms with E-state index in [9.17, 15) is 4.79 Å². The Bertz CT molecular complexity index is 498. The summed E-state index contributed by atoms with van der Waals surface area (Å²) in [5.41, 5.74) is 1.22. The number of rotatable bonds is 4. The summed E-state index contributed by atoms with van der Waals surface area (Å²) in [6.07, 6.45) is 1.04. The lowest BCUT2D eigenvalue weighted by atomic mass is 10.1. The molecule has 1 aromatic rings. The number of likely N-dealkylation sites (tertiary alicyclic amines) is 1. The second-order valence-corrected chi connectivity index (χ2v) is 7.74. The van der Waals surface area contributed by atoms with Gasteiger partial charge in [-0.3, -0.25) is 4.90 Å². The molecule has 1 fully saturated rings. The Morgan fingerprint density at radius 1 is 1.38 bits per heavy atom. The molecule has 2 rings (SSSR count). The molecule has 4 nitrogen and oxygen atoms in total. The fourth-order valence-electron chi connectivity index (χ4n) is 2.96. The number of amides is 2. The van der Waals surface area contributed by atoms with Gasteiger partial charge in [-0.15, -0.1) is 11.3 Å². The number of nitrogens with zero attached hydrogens (tertiary/aromatic N) is 1. The maximum Gasteiger partial charge on any atom is 0.315 e. The summed E-state index contributed by atoms with van der Waals surface area (Å²) < 4.78 is 0. The Hall–Kier alpha value is -1.07. The summed E-state index contributed by atoms with van der Waals surface area (Å²) in [5, 5.41) is 6.16. The van der Waals surface area contributed by atoms with Gasteiger partial charge in [0.05, 0.1) is 6.04 Å². The molecule has 2 N–H and O–H groups in total. The third-order valence-electron chi connectivity index (χ3n) is 4.18. The van der Waals surface area contributed by atoms with E-state index < -0.39 is 0 Å². The van der Waals surface area contributed by atoms with Crippen molar-refractivity contribution in [3.8, 4) is 0 Å². The van der Waals surface area contributed by atoms with Crippen LogP contribution in [-0.2, 0) is 0 Å². The minimum absolute atomic E-state index is 0.0533. The lowest BCUT2D eigenvalue weighted by Crippen LogP contribution is -2.44. The van der Waals surface area contributed by atoms with Crippen LogP contribution < -0.4 is 10.6 Å². The molecule has 0 saturated carbocycles. The molecule has 2 heterocycles. The SMILES string of the molecule is Cc1cc([C@@H](C)NC(=O)N[C@@H]2CCN(C(C)C)C2)c(C)s1. The second-order valence-electron chi connectivity index (χ2n) is 6.28. The molecule has 2 atom stereocenters. The summed E-state index contributed by atoms with van der Waals surface area (Å²) in [6.45, 7) is 12.7. The van der Waals surface area contributed by atoms with Crippen LogP contribution in [0.1, 0.15) is 48.6 Å². The first-order chi connectivity index (χ1) is 9.86. The number of carbonyl (C=O) groups is 1. The van der Waals surface area contributed by atoms with Crippen molar-refractivity contribution in [3.05, 3.63) is 21.4 Å². The summed E-state index contributed by atoms with van der Waals surface area (Å²) in [5.74, 6) is 0. The lowest BCUT2D eigenvalue weighted by Gasteiger charge is -2.21. The van der Waals surface area contributed by atoms with Crippen LogP contribution in [0.15, 0.2) is 6.07 Å². The van der Waals surface area contributed by atoms with Crippen molar-refractivity contribution in [3.63, 3.8) is 0 Å². The smallest absolute Gasteiger partial charge is 0.315 e. The van der Waals surface area contributed by atoms with Crippen LogP contribution in [0.2, 0.25) is 0 Å². The molecule has 0 aliphatic carbocycles. The van der Waals surface area contributed by atoms with E-state index in [1.807, 2.05) is 6.92 Å². The fourth-order valence-corrected chi connectivity index (χ4v) is 3.98. The van der Waals surface area contributed by atoms with Crippen molar-refractivity contribution in [1.29, 1.82) is 0 Å². The first kappa shape index (κ1) is 16.3. The highest BCUT2D eigenvalue weighted by Crippen LogP contribution is 2.26. The fraction of sp³-hybridized carbons (Fsp3) is 0.688. The van der Waals surface area contributed by atoms with Gasteiger partial charge < -0.3 is 10.6 Å². The largest absolute Gasteiger partial charge is 0.334 e. The monoisotopic (exact) mass is 309 g/mol. The molecule has 118 valence electrons. The number of carbonyl (C=O) groups excluding carboxylic acids is 1. The van der Waals surface area contributed by atoms with Crippen LogP contribution in [0.25, 0.3) is 0 Å². The van der Waals surface area contributed by atoms with Crippen LogP contribution in [0, 0.1) is 13.8 Å². The third kappa shape index (κ3) is 4.20. The Kier molecular flexibility index (Phi) is 5.27. The van der Waals surface area contributed by atoms with Gasteiger partial charge >= 0.3 is 6.03 Å². The average Bonchev–Trinajstić information content (AvgIpc) is 2.95. The van der Waals surface area contributed by atoms with E-state index in [4.69, 9.17) is 0 Å². The molecule has 0 aromatic carbocycles. The Labute approximate surface area is 131 Å². The predicted octanol–water partition coefficient (Wildman–Crippen LogP) is 3.21. The molecule has 1 saturated heterocycles. The normalized spacial score (nSPS) is 20.8. The average molecular weight is 309 g/mol. The molecule has 0 bridgehead atoms.